The fourth-order valence-corrected chi connectivity index (χ4v) is 7.15. The van der Waals surface area contributed by atoms with Crippen molar-refractivity contribution in [2.45, 2.75) is 64.9 Å². The van der Waals surface area contributed by atoms with E-state index in [9.17, 15) is 14.4 Å². The first-order chi connectivity index (χ1) is 13.8. The largest absolute Gasteiger partial charge is 0.465 e. The molecule has 4 aliphatic carbocycles. The van der Waals surface area contributed by atoms with E-state index in [4.69, 9.17) is 9.47 Å². The molecule has 3 unspecified atom stereocenters. The predicted molar refractivity (Wildman–Crippen MR) is 108 cm³/mol. The molecule has 5 fully saturated rings. The van der Waals surface area contributed by atoms with Gasteiger partial charge in [-0.3, -0.25) is 9.59 Å². The van der Waals surface area contributed by atoms with Crippen LogP contribution in [0.15, 0.2) is 24.8 Å². The van der Waals surface area contributed by atoms with E-state index in [1.165, 1.54) is 0 Å². The second kappa shape index (κ2) is 7.10. The highest BCUT2D eigenvalue weighted by molar-refractivity contribution is 6.03. The van der Waals surface area contributed by atoms with Gasteiger partial charge >= 0.3 is 11.9 Å². The average Bonchev–Trinajstić information content (AvgIpc) is 2.73. The van der Waals surface area contributed by atoms with E-state index in [2.05, 4.69) is 27.0 Å². The third kappa shape index (κ3) is 2.62. The fraction of sp³-hybridized carbons (Fsp3) is 0.708. The molecule has 0 amide bonds. The topological polar surface area (TPSA) is 69.7 Å². The SMILES string of the molecule is C=CC(=O)O[C@@H]1CC2[C@H](C)COC(=O)C2(CCCC)C2C[C@@H]3CC[C@@]21C(=O)C3=C. The molecule has 5 rings (SSSR count). The number of cyclic esters (lactones) is 1. The second-order valence-electron chi connectivity index (χ2n) is 9.61. The van der Waals surface area contributed by atoms with Gasteiger partial charge in [-0.2, -0.15) is 0 Å². The molecule has 4 saturated carbocycles. The van der Waals surface area contributed by atoms with Gasteiger partial charge in [0.1, 0.15) is 6.10 Å². The Bertz CT molecular complexity index is 769. The number of hydrogen-bond acceptors (Lipinski definition) is 5. The summed E-state index contributed by atoms with van der Waals surface area (Å²) in [6, 6.07) is 0. The molecule has 0 radical (unpaired) electrons. The van der Waals surface area contributed by atoms with Gasteiger partial charge in [0.2, 0.25) is 0 Å². The maximum absolute atomic E-state index is 13.6. The third-order valence-corrected chi connectivity index (χ3v) is 8.50. The summed E-state index contributed by atoms with van der Waals surface area (Å²) in [5.41, 5.74) is -0.876. The minimum absolute atomic E-state index is 0.00668. The summed E-state index contributed by atoms with van der Waals surface area (Å²) in [5, 5.41) is 0. The van der Waals surface area contributed by atoms with Crippen LogP contribution in [0.2, 0.25) is 0 Å². The summed E-state index contributed by atoms with van der Waals surface area (Å²) in [6.07, 6.45) is 6.07. The number of esters is 2. The van der Waals surface area contributed by atoms with Crippen molar-refractivity contribution in [1.29, 1.82) is 0 Å². The molecule has 5 heteroatoms. The van der Waals surface area contributed by atoms with Crippen LogP contribution < -0.4 is 0 Å². The first-order valence-electron chi connectivity index (χ1n) is 11.1. The number of carbonyl (C=O) groups excluding carboxylic acids is 3. The van der Waals surface area contributed by atoms with E-state index < -0.39 is 22.9 Å². The van der Waals surface area contributed by atoms with Gasteiger partial charge < -0.3 is 9.47 Å². The highest BCUT2D eigenvalue weighted by Crippen LogP contribution is 2.69. The van der Waals surface area contributed by atoms with E-state index in [0.717, 1.165) is 38.2 Å². The Hall–Kier alpha value is -1.91. The van der Waals surface area contributed by atoms with Crippen molar-refractivity contribution in [2.75, 3.05) is 6.61 Å². The first kappa shape index (κ1) is 20.4. The van der Waals surface area contributed by atoms with Crippen LogP contribution in [-0.4, -0.2) is 30.4 Å². The Morgan fingerprint density at radius 1 is 1.34 bits per heavy atom. The number of rotatable bonds is 5. The van der Waals surface area contributed by atoms with Crippen molar-refractivity contribution in [1.82, 2.24) is 0 Å². The van der Waals surface area contributed by atoms with Gasteiger partial charge in [0.25, 0.3) is 0 Å². The summed E-state index contributed by atoms with van der Waals surface area (Å²) in [4.78, 5) is 39.3. The van der Waals surface area contributed by atoms with Crippen molar-refractivity contribution in [3.8, 4) is 0 Å². The molecular formula is C24H32O5. The van der Waals surface area contributed by atoms with Gasteiger partial charge in [0.15, 0.2) is 5.78 Å². The molecule has 0 aromatic heterocycles. The number of Topliss-reactive ketones (excluding diaryl/α,β-unsaturated/α-hetero) is 1. The Kier molecular flexibility index (Phi) is 4.99. The third-order valence-electron chi connectivity index (χ3n) is 8.50. The van der Waals surface area contributed by atoms with Gasteiger partial charge in [-0.1, -0.05) is 39.8 Å². The van der Waals surface area contributed by atoms with Crippen LogP contribution >= 0.6 is 0 Å². The lowest BCUT2D eigenvalue weighted by atomic mass is 9.37. The molecule has 158 valence electrons. The molecule has 1 saturated heterocycles. The molecule has 1 heterocycles. The average molecular weight is 401 g/mol. The van der Waals surface area contributed by atoms with Crippen molar-refractivity contribution < 1.29 is 23.9 Å². The standard InChI is InChI=1S/C24H32O5/c1-5-7-9-23-17(14(3)13-28-22(23)27)12-19(29-20(25)6-2)24-10-8-16(11-18(23)24)15(4)21(24)26/h6,14,16-19H,2,4-5,7-13H2,1,3H3/t14-,16+,17?,18?,19-,23?,24-/m1/s1. The summed E-state index contributed by atoms with van der Waals surface area (Å²) in [5.74, 6) is -0.451. The number of fused-ring (bicyclic) bond motifs is 3. The van der Waals surface area contributed by atoms with E-state index in [-0.39, 0.29) is 35.4 Å². The molecule has 5 nitrogen and oxygen atoms in total. The number of ether oxygens (including phenoxy) is 2. The Balaban J connectivity index is 1.88. The quantitative estimate of drug-likeness (QED) is 0.515. The summed E-state index contributed by atoms with van der Waals surface area (Å²) >= 11 is 0. The molecule has 1 spiro atoms. The van der Waals surface area contributed by atoms with Crippen LogP contribution in [0.5, 0.6) is 0 Å². The smallest absolute Gasteiger partial charge is 0.330 e. The number of allylic oxidation sites excluding steroid dienone is 1. The van der Waals surface area contributed by atoms with Crippen LogP contribution in [-0.2, 0) is 23.9 Å². The van der Waals surface area contributed by atoms with Gasteiger partial charge in [-0.05, 0) is 61.3 Å². The number of hydrogen-bond donors (Lipinski definition) is 0. The van der Waals surface area contributed by atoms with Crippen LogP contribution in [0.4, 0.5) is 0 Å². The highest BCUT2D eigenvalue weighted by atomic mass is 16.5. The molecule has 0 aromatic carbocycles. The van der Waals surface area contributed by atoms with Gasteiger partial charge in [0, 0.05) is 6.08 Å². The molecule has 1 aliphatic heterocycles. The van der Waals surface area contributed by atoms with E-state index >= 15 is 0 Å². The lowest BCUT2D eigenvalue weighted by Crippen LogP contribution is -2.70. The van der Waals surface area contributed by atoms with Gasteiger partial charge in [-0.25, -0.2) is 4.79 Å². The van der Waals surface area contributed by atoms with Gasteiger partial charge in [0.05, 0.1) is 17.4 Å². The number of ketones is 1. The number of unbranched alkanes of at least 4 members (excludes halogenated alkanes) is 1. The lowest BCUT2D eigenvalue weighted by molar-refractivity contribution is -0.234. The van der Waals surface area contributed by atoms with E-state index in [0.29, 0.717) is 25.0 Å². The first-order valence-corrected chi connectivity index (χ1v) is 11.1. The van der Waals surface area contributed by atoms with Crippen molar-refractivity contribution >= 4 is 17.7 Å². The van der Waals surface area contributed by atoms with Crippen LogP contribution in [0.25, 0.3) is 0 Å². The Morgan fingerprint density at radius 3 is 2.79 bits per heavy atom. The zero-order valence-electron chi connectivity index (χ0n) is 17.6. The Labute approximate surface area is 172 Å². The molecule has 0 aromatic rings. The molecule has 0 N–H and O–H groups in total. The normalized spacial score (nSPS) is 43.2. The maximum Gasteiger partial charge on any atom is 0.330 e. The van der Waals surface area contributed by atoms with Crippen molar-refractivity contribution in [2.24, 2.45) is 34.5 Å². The maximum atomic E-state index is 13.6. The van der Waals surface area contributed by atoms with Crippen molar-refractivity contribution in [3.63, 3.8) is 0 Å². The molecule has 2 bridgehead atoms. The van der Waals surface area contributed by atoms with Crippen LogP contribution in [0.3, 0.4) is 0 Å². The zero-order valence-corrected chi connectivity index (χ0v) is 17.6. The zero-order chi connectivity index (χ0) is 21.0. The molecule has 7 atom stereocenters. The second-order valence-corrected chi connectivity index (χ2v) is 9.61. The molecular weight excluding hydrogens is 368 g/mol. The van der Waals surface area contributed by atoms with Crippen LogP contribution in [0.1, 0.15) is 58.8 Å². The monoisotopic (exact) mass is 400 g/mol. The van der Waals surface area contributed by atoms with E-state index in [1.807, 2.05) is 0 Å². The highest BCUT2D eigenvalue weighted by Gasteiger charge is 2.73. The van der Waals surface area contributed by atoms with Gasteiger partial charge in [-0.15, -0.1) is 0 Å². The van der Waals surface area contributed by atoms with E-state index in [1.54, 1.807) is 0 Å². The summed E-state index contributed by atoms with van der Waals surface area (Å²) in [7, 11) is 0. The lowest BCUT2D eigenvalue weighted by Gasteiger charge is -2.66. The number of carbonyl (C=O) groups is 3. The summed E-state index contributed by atoms with van der Waals surface area (Å²) < 4.78 is 11.6. The van der Waals surface area contributed by atoms with Crippen LogP contribution in [0, 0.1) is 34.5 Å². The summed E-state index contributed by atoms with van der Waals surface area (Å²) in [6.45, 7) is 12.3. The Morgan fingerprint density at radius 2 is 2.10 bits per heavy atom. The fourth-order valence-electron chi connectivity index (χ4n) is 7.15. The minimum Gasteiger partial charge on any atom is -0.465 e. The molecule has 5 aliphatic rings. The van der Waals surface area contributed by atoms with Crippen molar-refractivity contribution in [3.05, 3.63) is 24.8 Å². The predicted octanol–water partition coefficient (Wildman–Crippen LogP) is 4.02. The molecule has 29 heavy (non-hydrogen) atoms. The minimum atomic E-state index is -0.856.